The van der Waals surface area contributed by atoms with E-state index in [2.05, 4.69) is 71.8 Å². The van der Waals surface area contributed by atoms with Crippen molar-refractivity contribution in [2.45, 2.75) is 25.8 Å². The van der Waals surface area contributed by atoms with E-state index in [9.17, 15) is 0 Å². The summed E-state index contributed by atoms with van der Waals surface area (Å²) in [6, 6.07) is 21.4. The molecule has 1 atom stereocenters. The SMILES string of the molecule is CC(CCc1ccccc1)Nc1cccc2ncccc12. The third-order valence-corrected chi connectivity index (χ3v) is 3.76. The van der Waals surface area contributed by atoms with E-state index in [1.165, 1.54) is 16.6 Å². The first-order valence-corrected chi connectivity index (χ1v) is 7.47. The Kier molecular flexibility index (Phi) is 4.15. The first-order valence-electron chi connectivity index (χ1n) is 7.47. The topological polar surface area (TPSA) is 24.9 Å². The van der Waals surface area contributed by atoms with Crippen LogP contribution < -0.4 is 5.32 Å². The predicted molar refractivity (Wildman–Crippen MR) is 89.6 cm³/mol. The maximum atomic E-state index is 4.40. The number of nitrogens with zero attached hydrogens (tertiary/aromatic N) is 1. The zero-order chi connectivity index (χ0) is 14.5. The zero-order valence-corrected chi connectivity index (χ0v) is 12.3. The van der Waals surface area contributed by atoms with Crippen molar-refractivity contribution in [2.75, 3.05) is 5.32 Å². The summed E-state index contributed by atoms with van der Waals surface area (Å²) in [5, 5.41) is 4.80. The minimum atomic E-state index is 0.427. The summed E-state index contributed by atoms with van der Waals surface area (Å²) in [5.41, 5.74) is 3.60. The summed E-state index contributed by atoms with van der Waals surface area (Å²) in [6.45, 7) is 2.23. The van der Waals surface area contributed by atoms with E-state index in [4.69, 9.17) is 0 Å². The highest BCUT2D eigenvalue weighted by Crippen LogP contribution is 2.22. The molecule has 21 heavy (non-hydrogen) atoms. The molecule has 1 heterocycles. The van der Waals surface area contributed by atoms with Crippen molar-refractivity contribution < 1.29 is 0 Å². The van der Waals surface area contributed by atoms with Crippen molar-refractivity contribution in [3.8, 4) is 0 Å². The van der Waals surface area contributed by atoms with Gasteiger partial charge < -0.3 is 5.32 Å². The van der Waals surface area contributed by atoms with Gasteiger partial charge in [0.2, 0.25) is 0 Å². The average Bonchev–Trinajstić information content (AvgIpc) is 2.54. The molecule has 106 valence electrons. The molecule has 2 heteroatoms. The van der Waals surface area contributed by atoms with Gasteiger partial charge in [-0.2, -0.15) is 0 Å². The zero-order valence-electron chi connectivity index (χ0n) is 12.3. The fraction of sp³-hybridized carbons (Fsp3) is 0.211. The van der Waals surface area contributed by atoms with Crippen LogP contribution in [0.4, 0.5) is 5.69 Å². The van der Waals surface area contributed by atoms with Crippen LogP contribution in [-0.4, -0.2) is 11.0 Å². The molecule has 0 fully saturated rings. The summed E-state index contributed by atoms with van der Waals surface area (Å²) < 4.78 is 0. The van der Waals surface area contributed by atoms with Crippen molar-refractivity contribution in [3.05, 3.63) is 72.4 Å². The van der Waals surface area contributed by atoms with Crippen LogP contribution in [0.25, 0.3) is 10.9 Å². The van der Waals surface area contributed by atoms with Gasteiger partial charge in [-0.05, 0) is 49.6 Å². The summed E-state index contributed by atoms with van der Waals surface area (Å²) in [6.07, 6.45) is 4.05. The highest BCUT2D eigenvalue weighted by molar-refractivity contribution is 5.91. The van der Waals surface area contributed by atoms with Gasteiger partial charge in [-0.3, -0.25) is 4.98 Å². The second kappa shape index (κ2) is 6.40. The molecule has 3 aromatic rings. The van der Waals surface area contributed by atoms with Crippen LogP contribution >= 0.6 is 0 Å². The Morgan fingerprint density at radius 2 is 1.81 bits per heavy atom. The van der Waals surface area contributed by atoms with Gasteiger partial charge in [0.25, 0.3) is 0 Å². The lowest BCUT2D eigenvalue weighted by atomic mass is 10.1. The fourth-order valence-corrected chi connectivity index (χ4v) is 2.59. The molecule has 0 aliphatic carbocycles. The lowest BCUT2D eigenvalue weighted by Crippen LogP contribution is -2.16. The lowest BCUT2D eigenvalue weighted by molar-refractivity contribution is 0.707. The van der Waals surface area contributed by atoms with E-state index in [1.807, 2.05) is 12.3 Å². The van der Waals surface area contributed by atoms with Gasteiger partial charge in [0.05, 0.1) is 5.52 Å². The summed E-state index contributed by atoms with van der Waals surface area (Å²) in [5.74, 6) is 0. The molecular weight excluding hydrogens is 256 g/mol. The standard InChI is InChI=1S/C19H20N2/c1-15(12-13-16-7-3-2-4-8-16)21-19-11-5-10-18-17(19)9-6-14-20-18/h2-11,14-15,21H,12-13H2,1H3. The van der Waals surface area contributed by atoms with Crippen LogP contribution in [0, 0.1) is 0 Å². The Bertz CT molecular complexity index is 702. The average molecular weight is 276 g/mol. The smallest absolute Gasteiger partial charge is 0.0722 e. The molecule has 0 aliphatic heterocycles. The van der Waals surface area contributed by atoms with Gasteiger partial charge in [0.1, 0.15) is 0 Å². The molecule has 1 aromatic heterocycles. The maximum Gasteiger partial charge on any atom is 0.0722 e. The van der Waals surface area contributed by atoms with E-state index < -0.39 is 0 Å². The Morgan fingerprint density at radius 3 is 2.67 bits per heavy atom. The first-order chi connectivity index (χ1) is 10.3. The van der Waals surface area contributed by atoms with Gasteiger partial charge >= 0.3 is 0 Å². The van der Waals surface area contributed by atoms with Crippen LogP contribution in [0.2, 0.25) is 0 Å². The fourth-order valence-electron chi connectivity index (χ4n) is 2.59. The van der Waals surface area contributed by atoms with Crippen LogP contribution in [-0.2, 0) is 6.42 Å². The minimum Gasteiger partial charge on any atom is -0.382 e. The second-order valence-corrected chi connectivity index (χ2v) is 5.45. The van der Waals surface area contributed by atoms with Gasteiger partial charge in [0.15, 0.2) is 0 Å². The number of pyridine rings is 1. The largest absolute Gasteiger partial charge is 0.382 e. The molecule has 1 N–H and O–H groups in total. The molecule has 2 nitrogen and oxygen atoms in total. The third-order valence-electron chi connectivity index (χ3n) is 3.76. The summed E-state index contributed by atoms with van der Waals surface area (Å²) >= 11 is 0. The summed E-state index contributed by atoms with van der Waals surface area (Å²) in [7, 11) is 0. The number of anilines is 1. The van der Waals surface area contributed by atoms with E-state index in [0.717, 1.165) is 18.4 Å². The van der Waals surface area contributed by atoms with Crippen molar-refractivity contribution in [1.29, 1.82) is 0 Å². The van der Waals surface area contributed by atoms with Crippen molar-refractivity contribution in [2.24, 2.45) is 0 Å². The molecule has 0 spiro atoms. The number of rotatable bonds is 5. The van der Waals surface area contributed by atoms with Crippen molar-refractivity contribution >= 4 is 16.6 Å². The second-order valence-electron chi connectivity index (χ2n) is 5.45. The summed E-state index contributed by atoms with van der Waals surface area (Å²) in [4.78, 5) is 4.40. The Labute approximate surface area is 125 Å². The van der Waals surface area contributed by atoms with Crippen LogP contribution in [0.1, 0.15) is 18.9 Å². The molecule has 0 amide bonds. The van der Waals surface area contributed by atoms with Gasteiger partial charge in [-0.15, -0.1) is 0 Å². The molecule has 0 aliphatic rings. The maximum absolute atomic E-state index is 4.40. The third kappa shape index (κ3) is 3.40. The Morgan fingerprint density at radius 1 is 0.952 bits per heavy atom. The van der Waals surface area contributed by atoms with Crippen LogP contribution in [0.5, 0.6) is 0 Å². The van der Waals surface area contributed by atoms with E-state index in [-0.39, 0.29) is 0 Å². The van der Waals surface area contributed by atoms with Gasteiger partial charge in [-0.25, -0.2) is 0 Å². The highest BCUT2D eigenvalue weighted by Gasteiger charge is 2.06. The van der Waals surface area contributed by atoms with E-state index in [1.54, 1.807) is 0 Å². The molecule has 0 saturated heterocycles. The number of hydrogen-bond acceptors (Lipinski definition) is 2. The molecule has 3 rings (SSSR count). The Balaban J connectivity index is 1.67. The lowest BCUT2D eigenvalue weighted by Gasteiger charge is -2.16. The number of aromatic nitrogens is 1. The van der Waals surface area contributed by atoms with Gasteiger partial charge in [-0.1, -0.05) is 36.4 Å². The van der Waals surface area contributed by atoms with Crippen molar-refractivity contribution in [1.82, 2.24) is 4.98 Å². The molecule has 0 radical (unpaired) electrons. The van der Waals surface area contributed by atoms with Crippen LogP contribution in [0.15, 0.2) is 66.9 Å². The molecule has 2 aromatic carbocycles. The van der Waals surface area contributed by atoms with E-state index >= 15 is 0 Å². The van der Waals surface area contributed by atoms with Gasteiger partial charge in [0, 0.05) is 23.3 Å². The predicted octanol–water partition coefficient (Wildman–Crippen LogP) is 4.67. The number of benzene rings is 2. The molecule has 0 saturated carbocycles. The molecular formula is C19H20N2. The van der Waals surface area contributed by atoms with E-state index in [0.29, 0.717) is 6.04 Å². The minimum absolute atomic E-state index is 0.427. The molecule has 0 bridgehead atoms. The highest BCUT2D eigenvalue weighted by atomic mass is 14.9. The number of hydrogen-bond donors (Lipinski definition) is 1. The first kappa shape index (κ1) is 13.6. The monoisotopic (exact) mass is 276 g/mol. The molecule has 1 unspecified atom stereocenters. The van der Waals surface area contributed by atoms with Crippen LogP contribution in [0.3, 0.4) is 0 Å². The number of aryl methyl sites for hydroxylation is 1. The number of fused-ring (bicyclic) bond motifs is 1. The normalized spacial score (nSPS) is 12.2. The quantitative estimate of drug-likeness (QED) is 0.732. The number of nitrogens with one attached hydrogen (secondary N) is 1. The Hall–Kier alpha value is -2.35. The van der Waals surface area contributed by atoms with Crippen molar-refractivity contribution in [3.63, 3.8) is 0 Å².